The van der Waals surface area contributed by atoms with E-state index in [-0.39, 0.29) is 23.6 Å². The monoisotopic (exact) mass is 476 g/mol. The fraction of sp³-hybridized carbons (Fsp3) is 0.444. The summed E-state index contributed by atoms with van der Waals surface area (Å²) in [5.74, 6) is -3.42. The highest BCUT2D eigenvalue weighted by atomic mass is 35.5. The number of ether oxygens (including phenoxy) is 2. The minimum absolute atomic E-state index is 0.0614. The van der Waals surface area contributed by atoms with Gasteiger partial charge in [-0.1, -0.05) is 11.6 Å². The van der Waals surface area contributed by atoms with Crippen LogP contribution in [0.2, 0.25) is 5.02 Å². The van der Waals surface area contributed by atoms with E-state index in [9.17, 15) is 22.4 Å². The van der Waals surface area contributed by atoms with Gasteiger partial charge in [0.1, 0.15) is 17.3 Å². The molecule has 4 heterocycles. The second-order valence-corrected chi connectivity index (χ2v) is 7.53. The summed E-state index contributed by atoms with van der Waals surface area (Å²) in [5.41, 5.74) is 0.767. The molecule has 0 amide bonds. The van der Waals surface area contributed by atoms with Crippen LogP contribution in [0.15, 0.2) is 18.6 Å². The Hall–Kier alpha value is -2.93. The molecule has 0 spiro atoms. The average molecular weight is 477 g/mol. The highest BCUT2D eigenvalue weighted by molar-refractivity contribution is 6.35. The van der Waals surface area contributed by atoms with E-state index in [1.807, 2.05) is 0 Å². The van der Waals surface area contributed by atoms with Crippen LogP contribution in [0, 0.1) is 0 Å². The minimum Gasteiger partial charge on any atom is -0.470 e. The number of aryl methyl sites for hydroxylation is 1. The number of nitrogens with one attached hydrogen (secondary N) is 1. The molecule has 3 aromatic heterocycles. The minimum atomic E-state index is -5.24. The van der Waals surface area contributed by atoms with E-state index >= 15 is 0 Å². The van der Waals surface area contributed by atoms with Gasteiger partial charge in [0.05, 0.1) is 18.1 Å². The lowest BCUT2D eigenvalue weighted by Crippen LogP contribution is -2.33. The van der Waals surface area contributed by atoms with Crippen LogP contribution >= 0.6 is 11.6 Å². The quantitative estimate of drug-likeness (QED) is 0.457. The molecule has 1 fully saturated rings. The Morgan fingerprint density at radius 1 is 1.31 bits per heavy atom. The van der Waals surface area contributed by atoms with E-state index in [1.54, 1.807) is 13.2 Å². The van der Waals surface area contributed by atoms with Crippen molar-refractivity contribution in [2.24, 2.45) is 7.05 Å². The molecule has 0 saturated carbocycles. The second kappa shape index (κ2) is 8.54. The molecule has 1 N–H and O–H groups in total. The molecule has 0 aliphatic carbocycles. The number of fused-ring (bicyclic) bond motifs is 1. The lowest BCUT2D eigenvalue weighted by Gasteiger charge is -2.20. The van der Waals surface area contributed by atoms with Crippen LogP contribution in [0.1, 0.15) is 12.8 Å². The molecule has 32 heavy (non-hydrogen) atoms. The summed E-state index contributed by atoms with van der Waals surface area (Å²) in [6.07, 6.45) is -1.96. The Kier molecular flexibility index (Phi) is 5.95. The van der Waals surface area contributed by atoms with E-state index in [2.05, 4.69) is 25.2 Å². The van der Waals surface area contributed by atoms with Crippen LogP contribution in [0.4, 0.5) is 17.6 Å². The maximum atomic E-state index is 14.6. The van der Waals surface area contributed by atoms with Gasteiger partial charge in [-0.05, 0) is 19.4 Å². The third-order valence-corrected chi connectivity index (χ3v) is 5.10. The van der Waals surface area contributed by atoms with Crippen molar-refractivity contribution in [2.45, 2.75) is 31.3 Å². The third-order valence-electron chi connectivity index (χ3n) is 4.76. The van der Waals surface area contributed by atoms with Gasteiger partial charge >= 0.3 is 12.1 Å². The predicted molar refractivity (Wildman–Crippen MR) is 103 cm³/mol. The van der Waals surface area contributed by atoms with E-state index in [1.165, 1.54) is 17.1 Å². The van der Waals surface area contributed by atoms with Crippen LogP contribution < -0.4 is 14.8 Å². The Labute approximate surface area is 183 Å². The molecule has 0 radical (unpaired) electrons. The van der Waals surface area contributed by atoms with Gasteiger partial charge in [-0.25, -0.2) is 18.7 Å². The third kappa shape index (κ3) is 4.48. The molecule has 3 aromatic rings. The standard InChI is InChI=1S/C18H17ClF4N6O3/c1-28-7-9(5-25-28)11-8-29-14(13(19)15(27-29)32-17(30)18(21,22)23)16(26-11)31-12-3-2-4-24-6-10(12)20/h5,7-8,10,12,24H,2-4,6H2,1H3/t10-,12+/m1/s1. The van der Waals surface area contributed by atoms with Gasteiger partial charge in [0, 0.05) is 25.4 Å². The number of hydrogen-bond donors (Lipinski definition) is 1. The van der Waals surface area contributed by atoms with Gasteiger partial charge in [-0.15, -0.1) is 5.10 Å². The molecule has 0 bridgehead atoms. The van der Waals surface area contributed by atoms with E-state index in [0.717, 1.165) is 4.52 Å². The Morgan fingerprint density at radius 2 is 2.09 bits per heavy atom. The number of carbonyl (C=O) groups is 1. The predicted octanol–water partition coefficient (Wildman–Crippen LogP) is 2.72. The van der Waals surface area contributed by atoms with Crippen LogP contribution in [-0.4, -0.2) is 61.9 Å². The summed E-state index contributed by atoms with van der Waals surface area (Å²) in [6.45, 7) is 0.689. The molecular weight excluding hydrogens is 460 g/mol. The first-order valence-electron chi connectivity index (χ1n) is 9.52. The first-order valence-corrected chi connectivity index (χ1v) is 9.89. The maximum Gasteiger partial charge on any atom is 0.491 e. The summed E-state index contributed by atoms with van der Waals surface area (Å²) in [5, 5.41) is 10.4. The zero-order valence-corrected chi connectivity index (χ0v) is 17.3. The lowest BCUT2D eigenvalue weighted by atomic mass is 10.1. The van der Waals surface area contributed by atoms with E-state index < -0.39 is 35.3 Å². The Bertz CT molecular complexity index is 1150. The number of rotatable bonds is 4. The van der Waals surface area contributed by atoms with E-state index in [0.29, 0.717) is 24.9 Å². The Morgan fingerprint density at radius 3 is 2.78 bits per heavy atom. The van der Waals surface area contributed by atoms with E-state index in [4.69, 9.17) is 16.3 Å². The first-order chi connectivity index (χ1) is 15.1. The molecule has 9 nitrogen and oxygen atoms in total. The average Bonchev–Trinajstić information content (AvgIpc) is 3.22. The van der Waals surface area contributed by atoms with Gasteiger partial charge in [-0.2, -0.15) is 18.3 Å². The van der Waals surface area contributed by atoms with Crippen LogP contribution in [-0.2, 0) is 11.8 Å². The number of aromatic nitrogens is 5. The number of halogens is 5. The lowest BCUT2D eigenvalue weighted by molar-refractivity contribution is -0.190. The number of alkyl halides is 4. The Balaban J connectivity index is 1.80. The smallest absolute Gasteiger partial charge is 0.470 e. The number of hydrogen-bond acceptors (Lipinski definition) is 7. The fourth-order valence-corrected chi connectivity index (χ4v) is 3.47. The molecule has 1 saturated heterocycles. The molecule has 172 valence electrons. The van der Waals surface area contributed by atoms with Crippen molar-refractivity contribution < 1.29 is 31.8 Å². The fourth-order valence-electron chi connectivity index (χ4n) is 3.23. The summed E-state index contributed by atoms with van der Waals surface area (Å²) < 4.78 is 65.2. The summed E-state index contributed by atoms with van der Waals surface area (Å²) in [7, 11) is 1.69. The van der Waals surface area contributed by atoms with Gasteiger partial charge in [0.15, 0.2) is 5.52 Å². The van der Waals surface area contributed by atoms with Crippen LogP contribution in [0.3, 0.4) is 0 Å². The molecule has 0 unspecified atom stereocenters. The number of carbonyl (C=O) groups excluding carboxylic acids is 1. The van der Waals surface area contributed by atoms with Crippen molar-refractivity contribution in [1.82, 2.24) is 29.7 Å². The molecule has 1 aliphatic rings. The van der Waals surface area contributed by atoms with Gasteiger partial charge < -0.3 is 14.8 Å². The maximum absolute atomic E-state index is 14.6. The van der Waals surface area contributed by atoms with Crippen molar-refractivity contribution in [2.75, 3.05) is 13.1 Å². The van der Waals surface area contributed by atoms with Gasteiger partial charge in [0.25, 0.3) is 5.88 Å². The van der Waals surface area contributed by atoms with Crippen molar-refractivity contribution in [3.63, 3.8) is 0 Å². The SMILES string of the molecule is Cn1cc(-c2cn3nc(OC(=O)C(F)(F)F)c(Cl)c3c(O[C@H]3CCCNC[C@H]3F)n2)cn1. The van der Waals surface area contributed by atoms with Crippen molar-refractivity contribution in [1.29, 1.82) is 0 Å². The number of esters is 1. The molecule has 14 heteroatoms. The first kappa shape index (κ1) is 22.3. The van der Waals surface area contributed by atoms with Gasteiger partial charge in [0.2, 0.25) is 5.88 Å². The largest absolute Gasteiger partial charge is 0.491 e. The topological polar surface area (TPSA) is 95.6 Å². The van der Waals surface area contributed by atoms with Crippen LogP contribution in [0.25, 0.3) is 16.8 Å². The molecule has 2 atom stereocenters. The zero-order chi connectivity index (χ0) is 23.0. The van der Waals surface area contributed by atoms with Crippen molar-refractivity contribution in [3.05, 3.63) is 23.6 Å². The highest BCUT2D eigenvalue weighted by Gasteiger charge is 2.42. The highest BCUT2D eigenvalue weighted by Crippen LogP contribution is 2.37. The summed E-state index contributed by atoms with van der Waals surface area (Å²) >= 11 is 6.17. The van der Waals surface area contributed by atoms with Crippen molar-refractivity contribution in [3.8, 4) is 23.0 Å². The molecule has 0 aromatic carbocycles. The molecule has 4 rings (SSSR count). The normalized spacial score (nSPS) is 19.7. The summed E-state index contributed by atoms with van der Waals surface area (Å²) in [4.78, 5) is 15.6. The second-order valence-electron chi connectivity index (χ2n) is 7.15. The van der Waals surface area contributed by atoms with Gasteiger partial charge in [-0.3, -0.25) is 4.68 Å². The zero-order valence-electron chi connectivity index (χ0n) is 16.6. The molecular formula is C18H17ClF4N6O3. The van der Waals surface area contributed by atoms with Crippen LogP contribution in [0.5, 0.6) is 11.8 Å². The van der Waals surface area contributed by atoms with Crippen molar-refractivity contribution >= 4 is 23.1 Å². The number of nitrogens with zero attached hydrogens (tertiary/aromatic N) is 5. The summed E-state index contributed by atoms with van der Waals surface area (Å²) in [6, 6.07) is 0. The molecule has 1 aliphatic heterocycles.